The Bertz CT molecular complexity index is 1360. The average molecular weight is 476 g/mol. The molecule has 0 atom stereocenters. The minimum absolute atomic E-state index is 0.256. The Hall–Kier alpha value is -3.68. The topological polar surface area (TPSA) is 65.2 Å². The fourth-order valence-electron chi connectivity index (χ4n) is 4.71. The predicted molar refractivity (Wildman–Crippen MR) is 133 cm³/mol. The molecule has 2 aromatic heterocycles. The molecule has 8 heteroatoms. The third-order valence-corrected chi connectivity index (χ3v) is 6.38. The van der Waals surface area contributed by atoms with Crippen LogP contribution in [0.2, 0.25) is 0 Å². The number of fused-ring (bicyclic) bond motifs is 1. The van der Waals surface area contributed by atoms with Gasteiger partial charge in [-0.05, 0) is 87.6 Å². The van der Waals surface area contributed by atoms with Crippen LogP contribution in [-0.4, -0.2) is 49.0 Å². The van der Waals surface area contributed by atoms with Crippen LogP contribution in [0.3, 0.4) is 0 Å². The maximum atomic E-state index is 13.6. The van der Waals surface area contributed by atoms with Gasteiger partial charge in [0.15, 0.2) is 5.82 Å². The Morgan fingerprint density at radius 3 is 2.43 bits per heavy atom. The number of carbonyl (C=O) groups is 1. The highest BCUT2D eigenvalue weighted by molar-refractivity contribution is 5.89. The van der Waals surface area contributed by atoms with Crippen LogP contribution in [0.4, 0.5) is 9.18 Å². The van der Waals surface area contributed by atoms with E-state index < -0.39 is 5.60 Å². The predicted octanol–water partition coefficient (Wildman–Crippen LogP) is 5.68. The first kappa shape index (κ1) is 23.1. The van der Waals surface area contributed by atoms with Gasteiger partial charge in [-0.3, -0.25) is 4.68 Å². The number of likely N-dealkylation sites (tertiary alicyclic amines) is 1. The molecule has 0 saturated carbocycles. The highest BCUT2D eigenvalue weighted by Crippen LogP contribution is 2.37. The van der Waals surface area contributed by atoms with Gasteiger partial charge in [0.05, 0.1) is 5.52 Å². The van der Waals surface area contributed by atoms with Crippen molar-refractivity contribution >= 4 is 17.0 Å². The number of carbonyl (C=O) groups excluding carboxylic acids is 1. The van der Waals surface area contributed by atoms with Crippen molar-refractivity contribution in [2.75, 3.05) is 13.1 Å². The highest BCUT2D eigenvalue weighted by Gasteiger charge is 2.29. The fraction of sp³-hybridized carbons (Fsp3) is 0.370. The Balaban J connectivity index is 1.50. The van der Waals surface area contributed by atoms with Crippen LogP contribution in [0.1, 0.15) is 45.1 Å². The van der Waals surface area contributed by atoms with Gasteiger partial charge in [0.25, 0.3) is 0 Å². The molecule has 1 fully saturated rings. The van der Waals surface area contributed by atoms with Crippen molar-refractivity contribution in [2.24, 2.45) is 7.05 Å². The van der Waals surface area contributed by atoms with Crippen molar-refractivity contribution in [1.29, 1.82) is 0 Å². The van der Waals surface area contributed by atoms with Crippen LogP contribution in [0, 0.1) is 5.82 Å². The summed E-state index contributed by atoms with van der Waals surface area (Å²) in [7, 11) is 1.85. The molecule has 5 rings (SSSR count). The van der Waals surface area contributed by atoms with Gasteiger partial charge in [-0.2, -0.15) is 5.10 Å². The van der Waals surface area contributed by atoms with Gasteiger partial charge in [-0.1, -0.05) is 0 Å². The monoisotopic (exact) mass is 475 g/mol. The van der Waals surface area contributed by atoms with E-state index in [1.807, 2.05) is 33.9 Å². The Morgan fingerprint density at radius 1 is 1.09 bits per heavy atom. The molecular weight excluding hydrogens is 445 g/mol. The second-order valence-corrected chi connectivity index (χ2v) is 10.1. The number of hydrogen-bond acceptors (Lipinski definition) is 4. The van der Waals surface area contributed by atoms with E-state index in [4.69, 9.17) is 4.74 Å². The zero-order valence-corrected chi connectivity index (χ0v) is 20.5. The van der Waals surface area contributed by atoms with Gasteiger partial charge >= 0.3 is 6.09 Å². The summed E-state index contributed by atoms with van der Waals surface area (Å²) in [5, 5.41) is 5.58. The molecular formula is C27H30FN5O2. The Labute approximate surface area is 204 Å². The number of benzene rings is 2. The molecule has 182 valence electrons. The second-order valence-electron chi connectivity index (χ2n) is 10.1. The van der Waals surface area contributed by atoms with Crippen LogP contribution in [0.15, 0.2) is 55.0 Å². The largest absolute Gasteiger partial charge is 0.444 e. The lowest BCUT2D eigenvalue weighted by atomic mass is 9.89. The summed E-state index contributed by atoms with van der Waals surface area (Å²) in [6.07, 6.45) is 5.27. The fourth-order valence-corrected chi connectivity index (χ4v) is 4.71. The smallest absolute Gasteiger partial charge is 0.410 e. The zero-order valence-electron chi connectivity index (χ0n) is 20.5. The summed E-state index contributed by atoms with van der Waals surface area (Å²) in [6.45, 7) is 6.94. The van der Waals surface area contributed by atoms with Crippen molar-refractivity contribution < 1.29 is 13.9 Å². The van der Waals surface area contributed by atoms with Crippen LogP contribution in [0.25, 0.3) is 28.0 Å². The molecule has 1 aliphatic rings. The molecule has 0 radical (unpaired) electrons. The second kappa shape index (κ2) is 8.83. The van der Waals surface area contributed by atoms with E-state index in [0.717, 1.165) is 35.0 Å². The molecule has 0 N–H and O–H groups in total. The lowest BCUT2D eigenvalue weighted by Crippen LogP contribution is -2.41. The van der Waals surface area contributed by atoms with Gasteiger partial charge in [0.2, 0.25) is 0 Å². The average Bonchev–Trinajstić information content (AvgIpc) is 3.42. The summed E-state index contributed by atoms with van der Waals surface area (Å²) in [4.78, 5) is 18.8. The molecule has 0 unspecified atom stereocenters. The number of halogens is 1. The van der Waals surface area contributed by atoms with Crippen molar-refractivity contribution in [3.63, 3.8) is 0 Å². The number of aryl methyl sites for hydroxylation is 1. The van der Waals surface area contributed by atoms with E-state index in [1.165, 1.54) is 17.7 Å². The number of nitrogens with zero attached hydrogens (tertiary/aromatic N) is 5. The molecule has 0 bridgehead atoms. The van der Waals surface area contributed by atoms with Crippen LogP contribution < -0.4 is 0 Å². The zero-order chi connectivity index (χ0) is 24.7. The molecule has 1 aliphatic heterocycles. The molecule has 3 heterocycles. The number of aromatic nitrogens is 4. The minimum Gasteiger partial charge on any atom is -0.444 e. The quantitative estimate of drug-likeness (QED) is 0.382. The van der Waals surface area contributed by atoms with E-state index in [0.29, 0.717) is 18.9 Å². The van der Waals surface area contributed by atoms with Gasteiger partial charge in [0.1, 0.15) is 17.7 Å². The highest BCUT2D eigenvalue weighted by atomic mass is 19.1. The lowest BCUT2D eigenvalue weighted by molar-refractivity contribution is 0.0205. The van der Waals surface area contributed by atoms with E-state index in [2.05, 4.69) is 33.0 Å². The summed E-state index contributed by atoms with van der Waals surface area (Å²) in [5.41, 5.74) is 3.60. The summed E-state index contributed by atoms with van der Waals surface area (Å²) >= 11 is 0. The Morgan fingerprint density at radius 2 is 1.80 bits per heavy atom. The van der Waals surface area contributed by atoms with Crippen molar-refractivity contribution in [3.8, 4) is 17.1 Å². The number of rotatable bonds is 3. The molecule has 0 aliphatic carbocycles. The number of hydrogen-bond donors (Lipinski definition) is 0. The summed E-state index contributed by atoms with van der Waals surface area (Å²) < 4.78 is 23.0. The van der Waals surface area contributed by atoms with E-state index >= 15 is 0 Å². The summed E-state index contributed by atoms with van der Waals surface area (Å²) in [6, 6.07) is 12.8. The van der Waals surface area contributed by atoms with Crippen molar-refractivity contribution in [3.05, 3.63) is 66.4 Å². The summed E-state index contributed by atoms with van der Waals surface area (Å²) in [5.74, 6) is 0.697. The van der Waals surface area contributed by atoms with Crippen LogP contribution in [0.5, 0.6) is 0 Å². The first-order valence-corrected chi connectivity index (χ1v) is 11.9. The van der Waals surface area contributed by atoms with Gasteiger partial charge in [-0.15, -0.1) is 0 Å². The first-order chi connectivity index (χ1) is 16.7. The minimum atomic E-state index is -0.508. The molecule has 0 spiro atoms. The molecule has 35 heavy (non-hydrogen) atoms. The molecule has 7 nitrogen and oxygen atoms in total. The van der Waals surface area contributed by atoms with E-state index in [9.17, 15) is 9.18 Å². The third kappa shape index (κ3) is 4.78. The van der Waals surface area contributed by atoms with Gasteiger partial charge in [-0.25, -0.2) is 14.2 Å². The van der Waals surface area contributed by atoms with E-state index in [-0.39, 0.29) is 17.8 Å². The van der Waals surface area contributed by atoms with Crippen LogP contribution in [-0.2, 0) is 11.8 Å². The SMILES string of the molecule is Cn1cnc(-c2ccc3c(c2)c(C2CCN(C(=O)OC(C)(C)C)CC2)cn3-c2ccc(F)cc2)n1. The maximum Gasteiger partial charge on any atom is 0.410 e. The molecule has 1 saturated heterocycles. The van der Waals surface area contributed by atoms with Crippen LogP contribution >= 0.6 is 0 Å². The van der Waals surface area contributed by atoms with Crippen molar-refractivity contribution in [1.82, 2.24) is 24.2 Å². The van der Waals surface area contributed by atoms with Crippen molar-refractivity contribution in [2.45, 2.75) is 45.1 Å². The van der Waals surface area contributed by atoms with Gasteiger partial charge < -0.3 is 14.2 Å². The number of ether oxygens (including phenoxy) is 1. The molecule has 4 aromatic rings. The Kier molecular flexibility index (Phi) is 5.83. The maximum absolute atomic E-state index is 13.6. The number of piperidine rings is 1. The molecule has 2 aromatic carbocycles. The third-order valence-electron chi connectivity index (χ3n) is 6.38. The van der Waals surface area contributed by atoms with Gasteiger partial charge in [0, 0.05) is 43.0 Å². The normalized spacial score (nSPS) is 15.1. The van der Waals surface area contributed by atoms with E-state index in [1.54, 1.807) is 28.0 Å². The lowest BCUT2D eigenvalue weighted by Gasteiger charge is -2.33. The first-order valence-electron chi connectivity index (χ1n) is 11.9. The number of amides is 1. The molecule has 1 amide bonds. The standard InChI is InChI=1S/C27H30FN5O2/c1-27(2,3)35-26(34)32-13-11-18(12-14-32)23-16-33(21-8-6-20(28)7-9-21)24-10-5-19(15-22(23)24)25-29-17-31(4)30-25/h5-10,15-18H,11-14H2,1-4H3.